The number of H-pyrrole nitrogens is 1. The van der Waals surface area contributed by atoms with Crippen LogP contribution >= 0.6 is 15.9 Å². The Morgan fingerprint density at radius 3 is 2.65 bits per heavy atom. The molecule has 0 radical (unpaired) electrons. The van der Waals surface area contributed by atoms with Crippen molar-refractivity contribution in [3.05, 3.63) is 72.0 Å². The van der Waals surface area contributed by atoms with Crippen LogP contribution in [0.25, 0.3) is 0 Å². The Kier molecular flexibility index (Phi) is 4.07. The van der Waals surface area contributed by atoms with Gasteiger partial charge in [-0.05, 0) is 24.1 Å². The maximum Gasteiger partial charge on any atom is 0.337 e. The van der Waals surface area contributed by atoms with E-state index in [0.29, 0.717) is 29.2 Å². The van der Waals surface area contributed by atoms with E-state index in [-0.39, 0.29) is 6.61 Å². The molecule has 2 aliphatic heterocycles. The second-order valence-corrected chi connectivity index (χ2v) is 7.17. The summed E-state index contributed by atoms with van der Waals surface area (Å²) in [6.07, 6.45) is 0.727. The summed E-state index contributed by atoms with van der Waals surface area (Å²) in [5.41, 5.74) is 1.21. The van der Waals surface area contributed by atoms with Crippen molar-refractivity contribution in [2.45, 2.75) is 25.8 Å². The minimum absolute atomic E-state index is 0.105. The van der Waals surface area contributed by atoms with Gasteiger partial charge in [0.15, 0.2) is 0 Å². The Morgan fingerprint density at radius 1 is 1.23 bits per heavy atom. The predicted molar refractivity (Wildman–Crippen MR) is 99.2 cm³/mol. The number of fused-ring (bicyclic) bond motifs is 1. The molecule has 4 rings (SSSR count). The highest BCUT2D eigenvalue weighted by atomic mass is 79.9. The van der Waals surface area contributed by atoms with Crippen LogP contribution in [0.3, 0.4) is 0 Å². The third-order valence-electron chi connectivity index (χ3n) is 4.63. The molecule has 8 heteroatoms. The second-order valence-electron chi connectivity index (χ2n) is 6.25. The fraction of sp³-hybridized carbons (Fsp3) is 0.278. The molecule has 0 unspecified atom stereocenters. The van der Waals surface area contributed by atoms with Gasteiger partial charge < -0.3 is 10.1 Å². The third-order valence-corrected chi connectivity index (χ3v) is 5.15. The standard InChI is InChI=1S/C18H16BrN3O4/c1-2-7-22-15-14(16(23)21-18(22)25)12(9-3-5-10(19)6-4-9)13-11(20-15)8-26-17(13)24/h3-6,12,20H,2,7-8H2,1H3,(H,21,23,25)/t12-/m0/s1. The first-order valence-corrected chi connectivity index (χ1v) is 9.10. The van der Waals surface area contributed by atoms with Crippen molar-refractivity contribution in [2.24, 2.45) is 0 Å². The number of benzene rings is 1. The van der Waals surface area contributed by atoms with Gasteiger partial charge >= 0.3 is 11.7 Å². The van der Waals surface area contributed by atoms with Crippen LogP contribution in [0.5, 0.6) is 0 Å². The number of rotatable bonds is 3. The number of nitrogens with zero attached hydrogens (tertiary/aromatic N) is 1. The zero-order valence-electron chi connectivity index (χ0n) is 14.0. The number of hydrogen-bond donors (Lipinski definition) is 2. The molecule has 7 nitrogen and oxygen atoms in total. The Labute approximate surface area is 156 Å². The topological polar surface area (TPSA) is 93.2 Å². The van der Waals surface area contributed by atoms with E-state index >= 15 is 0 Å². The van der Waals surface area contributed by atoms with Crippen LogP contribution in [-0.4, -0.2) is 22.1 Å². The number of halogens is 1. The Balaban J connectivity index is 2.02. The SMILES string of the molecule is CCCn1c2c(c(=O)[nH]c1=O)[C@@H](c1ccc(Br)cc1)C1=C(COC1=O)N2. The van der Waals surface area contributed by atoms with Gasteiger partial charge in [0, 0.05) is 11.0 Å². The van der Waals surface area contributed by atoms with Gasteiger partial charge in [-0.2, -0.15) is 0 Å². The Hall–Kier alpha value is -2.61. The fourth-order valence-electron chi connectivity index (χ4n) is 3.51. The van der Waals surface area contributed by atoms with Gasteiger partial charge in [-0.1, -0.05) is 35.0 Å². The van der Waals surface area contributed by atoms with E-state index in [2.05, 4.69) is 26.2 Å². The molecule has 0 amide bonds. The van der Waals surface area contributed by atoms with Crippen LogP contribution in [0.15, 0.2) is 49.6 Å². The molecule has 26 heavy (non-hydrogen) atoms. The summed E-state index contributed by atoms with van der Waals surface area (Å²) in [7, 11) is 0. The van der Waals surface area contributed by atoms with Crippen molar-refractivity contribution in [1.82, 2.24) is 9.55 Å². The second kappa shape index (κ2) is 6.28. The molecule has 0 saturated carbocycles. The van der Waals surface area contributed by atoms with Crippen molar-refractivity contribution in [2.75, 3.05) is 11.9 Å². The van der Waals surface area contributed by atoms with Crippen molar-refractivity contribution < 1.29 is 9.53 Å². The molecule has 1 atom stereocenters. The van der Waals surface area contributed by atoms with Crippen molar-refractivity contribution >= 4 is 27.7 Å². The van der Waals surface area contributed by atoms with Gasteiger partial charge in [-0.3, -0.25) is 14.3 Å². The highest BCUT2D eigenvalue weighted by molar-refractivity contribution is 9.10. The largest absolute Gasteiger partial charge is 0.456 e. The average Bonchev–Trinajstić information content (AvgIpc) is 2.98. The molecule has 0 fully saturated rings. The summed E-state index contributed by atoms with van der Waals surface area (Å²) < 4.78 is 7.59. The lowest BCUT2D eigenvalue weighted by atomic mass is 9.83. The van der Waals surface area contributed by atoms with Crippen molar-refractivity contribution in [3.63, 3.8) is 0 Å². The molecule has 2 aromatic rings. The van der Waals surface area contributed by atoms with Crippen LogP contribution in [0.2, 0.25) is 0 Å². The monoisotopic (exact) mass is 417 g/mol. The van der Waals surface area contributed by atoms with Crippen LogP contribution in [0.4, 0.5) is 5.82 Å². The Bertz CT molecular complexity index is 1050. The van der Waals surface area contributed by atoms with Gasteiger partial charge in [0.2, 0.25) is 0 Å². The number of carbonyl (C=O) groups excluding carboxylic acids is 1. The van der Waals surface area contributed by atoms with Crippen LogP contribution < -0.4 is 16.6 Å². The molecule has 0 saturated heterocycles. The van der Waals surface area contributed by atoms with Crippen molar-refractivity contribution in [1.29, 1.82) is 0 Å². The molecule has 2 aliphatic rings. The van der Waals surface area contributed by atoms with Crippen LogP contribution in [0.1, 0.15) is 30.4 Å². The lowest BCUT2D eigenvalue weighted by Gasteiger charge is -2.28. The maximum absolute atomic E-state index is 12.7. The van der Waals surface area contributed by atoms with Crippen LogP contribution in [0, 0.1) is 0 Å². The first kappa shape index (κ1) is 16.8. The first-order chi connectivity index (χ1) is 12.5. The van der Waals surface area contributed by atoms with Crippen molar-refractivity contribution in [3.8, 4) is 0 Å². The maximum atomic E-state index is 12.7. The van der Waals surface area contributed by atoms with E-state index in [9.17, 15) is 14.4 Å². The first-order valence-electron chi connectivity index (χ1n) is 8.31. The molecular weight excluding hydrogens is 402 g/mol. The van der Waals surface area contributed by atoms with E-state index in [1.807, 2.05) is 31.2 Å². The zero-order chi connectivity index (χ0) is 18.4. The summed E-state index contributed by atoms with van der Waals surface area (Å²) >= 11 is 3.40. The highest BCUT2D eigenvalue weighted by Gasteiger charge is 2.41. The lowest BCUT2D eigenvalue weighted by molar-refractivity contribution is -0.136. The number of carbonyl (C=O) groups is 1. The molecule has 0 bridgehead atoms. The summed E-state index contributed by atoms with van der Waals surface area (Å²) in [6, 6.07) is 7.42. The average molecular weight is 418 g/mol. The van der Waals surface area contributed by atoms with Crippen LogP contribution in [-0.2, 0) is 16.1 Å². The molecule has 0 aliphatic carbocycles. The molecule has 1 aromatic heterocycles. The summed E-state index contributed by atoms with van der Waals surface area (Å²) in [5.74, 6) is -0.596. The quantitative estimate of drug-likeness (QED) is 0.745. The molecule has 3 heterocycles. The predicted octanol–water partition coefficient (Wildman–Crippen LogP) is 2.08. The lowest BCUT2D eigenvalue weighted by Crippen LogP contribution is -2.38. The zero-order valence-corrected chi connectivity index (χ0v) is 15.6. The summed E-state index contributed by atoms with van der Waals surface area (Å²) in [5, 5.41) is 3.10. The number of anilines is 1. The van der Waals surface area contributed by atoms with E-state index in [1.165, 1.54) is 4.57 Å². The Morgan fingerprint density at radius 2 is 1.96 bits per heavy atom. The third kappa shape index (κ3) is 2.52. The van der Waals surface area contributed by atoms with E-state index in [0.717, 1.165) is 16.5 Å². The summed E-state index contributed by atoms with van der Waals surface area (Å²) in [4.78, 5) is 39.7. The van der Waals surface area contributed by atoms with Gasteiger partial charge in [-0.15, -0.1) is 0 Å². The minimum Gasteiger partial charge on any atom is -0.456 e. The van der Waals surface area contributed by atoms with Gasteiger partial charge in [0.25, 0.3) is 5.56 Å². The van der Waals surface area contributed by atoms with E-state index in [4.69, 9.17) is 4.74 Å². The van der Waals surface area contributed by atoms with E-state index in [1.54, 1.807) is 0 Å². The van der Waals surface area contributed by atoms with Gasteiger partial charge in [0.1, 0.15) is 12.4 Å². The number of ether oxygens (including phenoxy) is 1. The van der Waals surface area contributed by atoms with E-state index < -0.39 is 23.1 Å². The number of cyclic esters (lactones) is 1. The van der Waals surface area contributed by atoms with Gasteiger partial charge in [0.05, 0.1) is 22.8 Å². The fourth-order valence-corrected chi connectivity index (χ4v) is 3.78. The minimum atomic E-state index is -0.586. The normalized spacial score (nSPS) is 18.2. The number of aromatic nitrogens is 2. The molecular formula is C18H16BrN3O4. The number of esters is 1. The smallest absolute Gasteiger partial charge is 0.337 e. The number of aromatic amines is 1. The molecule has 2 N–H and O–H groups in total. The number of nitrogens with one attached hydrogen (secondary N) is 2. The molecule has 1 aromatic carbocycles. The summed E-state index contributed by atoms with van der Waals surface area (Å²) in [6.45, 7) is 2.51. The van der Waals surface area contributed by atoms with Gasteiger partial charge in [-0.25, -0.2) is 9.59 Å². The molecule has 0 spiro atoms. The number of hydrogen-bond acceptors (Lipinski definition) is 5. The highest BCUT2D eigenvalue weighted by Crippen LogP contribution is 2.42. The molecule has 134 valence electrons.